The fraction of sp³-hybridized carbons (Fsp3) is 0. The number of rotatable bonds is 2. The zero-order valence-electron chi connectivity index (χ0n) is 9.83. The number of nitrogens with zero attached hydrogens (tertiary/aromatic N) is 2. The zero-order valence-corrected chi connectivity index (χ0v) is 10.6. The molecule has 0 saturated carbocycles. The predicted octanol–water partition coefficient (Wildman–Crippen LogP) is 3.52. The van der Waals surface area contributed by atoms with Gasteiger partial charge in [-0.25, -0.2) is 0 Å². The van der Waals surface area contributed by atoms with Crippen molar-refractivity contribution in [2.75, 3.05) is 5.73 Å². The second-order valence-corrected chi connectivity index (χ2v) is 4.89. The fourth-order valence-electron chi connectivity index (χ4n) is 1.91. The molecule has 5 heteroatoms. The molecule has 3 aromatic heterocycles. The molecule has 0 bridgehead atoms. The van der Waals surface area contributed by atoms with Gasteiger partial charge in [-0.15, -0.1) is 11.3 Å². The highest BCUT2D eigenvalue weighted by atomic mass is 32.1. The van der Waals surface area contributed by atoms with E-state index < -0.39 is 0 Å². The lowest BCUT2D eigenvalue weighted by Gasteiger charge is -2.03. The molecule has 4 nitrogen and oxygen atoms in total. The summed E-state index contributed by atoms with van der Waals surface area (Å²) in [6, 6.07) is 9.53. The zero-order chi connectivity index (χ0) is 13.2. The summed E-state index contributed by atoms with van der Waals surface area (Å²) in [5.41, 5.74) is 8.33. The minimum Gasteiger partial charge on any atom is -0.463 e. The van der Waals surface area contributed by atoms with E-state index in [9.17, 15) is 0 Å². The molecule has 3 rings (SSSR count). The lowest BCUT2D eigenvalue weighted by atomic mass is 10.0. The Kier molecular flexibility index (Phi) is 2.78. The lowest BCUT2D eigenvalue weighted by molar-refractivity contribution is 0.584. The van der Waals surface area contributed by atoms with E-state index in [2.05, 4.69) is 11.1 Å². The molecule has 19 heavy (non-hydrogen) atoms. The third kappa shape index (κ3) is 1.88. The summed E-state index contributed by atoms with van der Waals surface area (Å²) >= 11 is 1.34. The van der Waals surface area contributed by atoms with Crippen LogP contribution in [0.25, 0.3) is 21.8 Å². The van der Waals surface area contributed by atoms with Crippen LogP contribution in [-0.4, -0.2) is 4.98 Å². The highest BCUT2D eigenvalue weighted by molar-refractivity contribution is 7.17. The third-order valence-electron chi connectivity index (χ3n) is 2.76. The van der Waals surface area contributed by atoms with Crippen molar-refractivity contribution in [3.63, 3.8) is 0 Å². The van der Waals surface area contributed by atoms with Crippen LogP contribution in [0.4, 0.5) is 5.69 Å². The number of nitrogen functional groups attached to an aromatic ring is 1. The number of thiophene rings is 1. The fourth-order valence-corrected chi connectivity index (χ4v) is 2.92. The first kappa shape index (κ1) is 11.5. The molecule has 92 valence electrons. The van der Waals surface area contributed by atoms with Gasteiger partial charge in [0.25, 0.3) is 0 Å². The molecule has 0 unspecified atom stereocenters. The molecule has 0 aliphatic heterocycles. The van der Waals surface area contributed by atoms with Crippen LogP contribution in [-0.2, 0) is 0 Å². The standard InChI is InChI=1S/C14H9N3OS/c15-8-11-13(16)12(9-3-5-17-6-4-9)14(19-11)10-2-1-7-18-10/h1-7H,16H2. The molecule has 0 fully saturated rings. The molecule has 2 N–H and O–H groups in total. The van der Waals surface area contributed by atoms with Gasteiger partial charge < -0.3 is 10.2 Å². The molecular formula is C14H9N3OS. The molecular weight excluding hydrogens is 258 g/mol. The minimum atomic E-state index is 0.491. The Morgan fingerprint density at radius 1 is 1.26 bits per heavy atom. The van der Waals surface area contributed by atoms with E-state index in [1.54, 1.807) is 18.7 Å². The predicted molar refractivity (Wildman–Crippen MR) is 74.4 cm³/mol. The minimum absolute atomic E-state index is 0.491. The van der Waals surface area contributed by atoms with Gasteiger partial charge >= 0.3 is 0 Å². The van der Waals surface area contributed by atoms with Crippen LogP contribution in [0, 0.1) is 11.3 Å². The number of aromatic nitrogens is 1. The summed E-state index contributed by atoms with van der Waals surface area (Å²) in [7, 11) is 0. The van der Waals surface area contributed by atoms with Crippen molar-refractivity contribution in [3.8, 4) is 27.8 Å². The molecule has 3 aromatic rings. The first-order valence-electron chi connectivity index (χ1n) is 5.58. The van der Waals surface area contributed by atoms with Crippen molar-refractivity contribution in [3.05, 3.63) is 47.8 Å². The van der Waals surface area contributed by atoms with E-state index in [-0.39, 0.29) is 0 Å². The third-order valence-corrected chi connectivity index (χ3v) is 3.89. The quantitative estimate of drug-likeness (QED) is 0.770. The molecule has 0 saturated heterocycles. The summed E-state index contributed by atoms with van der Waals surface area (Å²) < 4.78 is 5.42. The molecule has 0 aliphatic rings. The van der Waals surface area contributed by atoms with Crippen LogP contribution in [0.5, 0.6) is 0 Å². The van der Waals surface area contributed by atoms with Crippen LogP contribution in [0.3, 0.4) is 0 Å². The summed E-state index contributed by atoms with van der Waals surface area (Å²) in [4.78, 5) is 5.36. The number of pyridine rings is 1. The Bertz CT molecular complexity index is 739. The van der Waals surface area contributed by atoms with E-state index in [1.165, 1.54) is 11.3 Å². The highest BCUT2D eigenvalue weighted by Crippen LogP contribution is 2.44. The van der Waals surface area contributed by atoms with Crippen LogP contribution < -0.4 is 5.73 Å². The Morgan fingerprint density at radius 3 is 2.68 bits per heavy atom. The van der Waals surface area contributed by atoms with E-state index in [1.807, 2.05) is 24.3 Å². The second kappa shape index (κ2) is 4.59. The van der Waals surface area contributed by atoms with Crippen LogP contribution in [0.2, 0.25) is 0 Å². The number of hydrogen-bond donors (Lipinski definition) is 1. The second-order valence-electron chi connectivity index (χ2n) is 3.87. The van der Waals surface area contributed by atoms with Crippen LogP contribution >= 0.6 is 11.3 Å². The smallest absolute Gasteiger partial charge is 0.144 e. The normalized spacial score (nSPS) is 10.3. The first-order valence-corrected chi connectivity index (χ1v) is 6.39. The highest BCUT2D eigenvalue weighted by Gasteiger charge is 2.20. The number of nitrogens with two attached hydrogens (primary N) is 1. The van der Waals surface area contributed by atoms with Gasteiger partial charge in [0.2, 0.25) is 0 Å². The first-order chi connectivity index (χ1) is 9.31. The maximum absolute atomic E-state index is 9.14. The Morgan fingerprint density at radius 2 is 2.05 bits per heavy atom. The van der Waals surface area contributed by atoms with Crippen LogP contribution in [0.15, 0.2) is 47.3 Å². The Balaban J connectivity index is 2.29. The molecule has 3 heterocycles. The van der Waals surface area contributed by atoms with E-state index in [4.69, 9.17) is 15.4 Å². The Hall–Kier alpha value is -2.58. The maximum Gasteiger partial charge on any atom is 0.144 e. The summed E-state index contributed by atoms with van der Waals surface area (Å²) in [6.07, 6.45) is 5.00. The van der Waals surface area contributed by atoms with E-state index >= 15 is 0 Å². The number of furan rings is 1. The van der Waals surface area contributed by atoms with Crippen molar-refractivity contribution < 1.29 is 4.42 Å². The molecule has 0 amide bonds. The van der Waals surface area contributed by atoms with E-state index in [0.717, 1.165) is 16.0 Å². The number of anilines is 1. The summed E-state index contributed by atoms with van der Waals surface area (Å²) in [5.74, 6) is 0.713. The van der Waals surface area contributed by atoms with Crippen molar-refractivity contribution in [2.45, 2.75) is 0 Å². The van der Waals surface area contributed by atoms with E-state index in [0.29, 0.717) is 16.3 Å². The van der Waals surface area contributed by atoms with Crippen molar-refractivity contribution in [2.24, 2.45) is 0 Å². The van der Waals surface area contributed by atoms with Gasteiger partial charge in [-0.3, -0.25) is 4.98 Å². The van der Waals surface area contributed by atoms with Gasteiger partial charge in [0.15, 0.2) is 0 Å². The molecule has 0 aliphatic carbocycles. The molecule has 0 radical (unpaired) electrons. The average molecular weight is 267 g/mol. The Labute approximate surface area is 113 Å². The maximum atomic E-state index is 9.14. The average Bonchev–Trinajstić information content (AvgIpc) is 3.07. The lowest BCUT2D eigenvalue weighted by Crippen LogP contribution is -1.89. The van der Waals surface area contributed by atoms with Gasteiger partial charge in [0, 0.05) is 18.0 Å². The summed E-state index contributed by atoms with van der Waals surface area (Å²) in [6.45, 7) is 0. The number of nitriles is 1. The molecule has 0 spiro atoms. The van der Waals surface area contributed by atoms with Gasteiger partial charge in [-0.2, -0.15) is 5.26 Å². The van der Waals surface area contributed by atoms with Gasteiger partial charge in [0.05, 0.1) is 16.8 Å². The number of hydrogen-bond acceptors (Lipinski definition) is 5. The van der Waals surface area contributed by atoms with Crippen molar-refractivity contribution >= 4 is 17.0 Å². The SMILES string of the molecule is N#Cc1sc(-c2ccco2)c(-c2ccncc2)c1N. The monoisotopic (exact) mass is 267 g/mol. The van der Waals surface area contributed by atoms with Crippen LogP contribution in [0.1, 0.15) is 4.88 Å². The van der Waals surface area contributed by atoms with Gasteiger partial charge in [-0.05, 0) is 29.8 Å². The largest absolute Gasteiger partial charge is 0.463 e. The molecule has 0 aromatic carbocycles. The molecule has 0 atom stereocenters. The van der Waals surface area contributed by atoms with Crippen molar-refractivity contribution in [1.29, 1.82) is 5.26 Å². The van der Waals surface area contributed by atoms with Gasteiger partial charge in [-0.1, -0.05) is 0 Å². The van der Waals surface area contributed by atoms with Crippen molar-refractivity contribution in [1.82, 2.24) is 4.98 Å². The topological polar surface area (TPSA) is 75.8 Å². The van der Waals surface area contributed by atoms with Gasteiger partial charge in [0.1, 0.15) is 16.7 Å². The summed E-state index contributed by atoms with van der Waals surface area (Å²) in [5, 5.41) is 9.14.